The summed E-state index contributed by atoms with van der Waals surface area (Å²) in [4.78, 5) is 16.8. The van der Waals surface area contributed by atoms with Crippen molar-refractivity contribution in [2.24, 2.45) is 0 Å². The Kier molecular flexibility index (Phi) is 6.76. The molecule has 6 heteroatoms. The second kappa shape index (κ2) is 9.46. The van der Waals surface area contributed by atoms with Gasteiger partial charge in [-0.25, -0.2) is 4.79 Å². The number of hydrogen-bond acceptors (Lipinski definition) is 4. The Morgan fingerprint density at radius 1 is 1.04 bits per heavy atom. The van der Waals surface area contributed by atoms with Gasteiger partial charge in [-0.05, 0) is 56.8 Å². The summed E-state index contributed by atoms with van der Waals surface area (Å²) in [5.74, 6) is 0.854. The van der Waals surface area contributed by atoms with Crippen LogP contribution in [0.25, 0.3) is 0 Å². The number of hydrogen-bond donors (Lipinski definition) is 2. The number of ether oxygens (including phenoxy) is 1. The first-order valence-electron chi connectivity index (χ1n) is 9.80. The molecule has 2 N–H and O–H groups in total. The van der Waals surface area contributed by atoms with Gasteiger partial charge in [-0.15, -0.1) is 0 Å². The molecule has 0 aromatic heterocycles. The molecule has 1 aliphatic heterocycles. The highest BCUT2D eigenvalue weighted by Crippen LogP contribution is 2.20. The molecule has 0 unspecified atom stereocenters. The fourth-order valence-corrected chi connectivity index (χ4v) is 3.28. The third kappa shape index (κ3) is 5.63. The molecule has 0 spiro atoms. The van der Waals surface area contributed by atoms with Gasteiger partial charge in [0.25, 0.3) is 0 Å². The Labute approximate surface area is 167 Å². The van der Waals surface area contributed by atoms with Crippen molar-refractivity contribution in [3.8, 4) is 5.75 Å². The van der Waals surface area contributed by atoms with Crippen LogP contribution in [-0.2, 0) is 0 Å². The normalized spacial score (nSPS) is 14.6. The SMILES string of the molecule is Cc1ccc(OCCNC(=O)Nc2ccc(N3CCN(C)CC3)cc2)c(C)c1. The number of nitrogens with zero attached hydrogens (tertiary/aromatic N) is 2. The fraction of sp³-hybridized carbons (Fsp3) is 0.409. The molecule has 3 rings (SSSR count). The van der Waals surface area contributed by atoms with Crippen molar-refractivity contribution in [3.05, 3.63) is 53.6 Å². The van der Waals surface area contributed by atoms with Crippen LogP contribution in [0.3, 0.4) is 0 Å². The highest BCUT2D eigenvalue weighted by atomic mass is 16.5. The van der Waals surface area contributed by atoms with Crippen LogP contribution in [0.5, 0.6) is 5.75 Å². The molecular weight excluding hydrogens is 352 g/mol. The van der Waals surface area contributed by atoms with E-state index in [1.165, 1.54) is 11.3 Å². The largest absolute Gasteiger partial charge is 0.491 e. The Morgan fingerprint density at radius 3 is 2.43 bits per heavy atom. The van der Waals surface area contributed by atoms with E-state index in [1.807, 2.05) is 31.2 Å². The van der Waals surface area contributed by atoms with E-state index in [1.54, 1.807) is 0 Å². The minimum absolute atomic E-state index is 0.225. The van der Waals surface area contributed by atoms with Crippen molar-refractivity contribution in [3.63, 3.8) is 0 Å². The summed E-state index contributed by atoms with van der Waals surface area (Å²) in [6.07, 6.45) is 0. The molecule has 1 fully saturated rings. The van der Waals surface area contributed by atoms with Crippen LogP contribution in [-0.4, -0.2) is 57.3 Å². The number of carbonyl (C=O) groups excluding carboxylic acids is 1. The number of piperazine rings is 1. The van der Waals surface area contributed by atoms with Gasteiger partial charge in [0.05, 0.1) is 6.54 Å². The van der Waals surface area contributed by atoms with Crippen LogP contribution in [0.15, 0.2) is 42.5 Å². The molecule has 0 saturated carbocycles. The second-order valence-electron chi connectivity index (χ2n) is 7.34. The second-order valence-corrected chi connectivity index (χ2v) is 7.34. The summed E-state index contributed by atoms with van der Waals surface area (Å²) >= 11 is 0. The van der Waals surface area contributed by atoms with Gasteiger partial charge >= 0.3 is 6.03 Å². The summed E-state index contributed by atoms with van der Waals surface area (Å²) in [6, 6.07) is 13.9. The monoisotopic (exact) mass is 382 g/mol. The minimum Gasteiger partial charge on any atom is -0.491 e. The van der Waals surface area contributed by atoms with Crippen molar-refractivity contribution < 1.29 is 9.53 Å². The van der Waals surface area contributed by atoms with E-state index in [2.05, 4.69) is 52.6 Å². The molecule has 6 nitrogen and oxygen atoms in total. The van der Waals surface area contributed by atoms with Crippen molar-refractivity contribution >= 4 is 17.4 Å². The number of likely N-dealkylation sites (N-methyl/N-ethyl adjacent to an activating group) is 1. The van der Waals surface area contributed by atoms with Gasteiger partial charge in [-0.1, -0.05) is 17.7 Å². The van der Waals surface area contributed by atoms with E-state index < -0.39 is 0 Å². The number of nitrogens with one attached hydrogen (secondary N) is 2. The van der Waals surface area contributed by atoms with E-state index in [0.717, 1.165) is 43.2 Å². The lowest BCUT2D eigenvalue weighted by Crippen LogP contribution is -2.44. The molecule has 1 saturated heterocycles. The smallest absolute Gasteiger partial charge is 0.319 e. The van der Waals surface area contributed by atoms with E-state index >= 15 is 0 Å². The lowest BCUT2D eigenvalue weighted by molar-refractivity contribution is 0.247. The molecular formula is C22H30N4O2. The first-order valence-corrected chi connectivity index (χ1v) is 9.80. The molecule has 0 bridgehead atoms. The number of benzene rings is 2. The Hall–Kier alpha value is -2.73. The van der Waals surface area contributed by atoms with Crippen molar-refractivity contribution in [2.45, 2.75) is 13.8 Å². The number of amides is 2. The predicted molar refractivity (Wildman–Crippen MR) is 115 cm³/mol. The molecule has 0 atom stereocenters. The zero-order valence-electron chi connectivity index (χ0n) is 17.0. The predicted octanol–water partition coefficient (Wildman–Crippen LogP) is 3.26. The number of urea groups is 1. The lowest BCUT2D eigenvalue weighted by atomic mass is 10.1. The number of carbonyl (C=O) groups is 1. The van der Waals surface area contributed by atoms with Gasteiger partial charge in [0.1, 0.15) is 12.4 Å². The van der Waals surface area contributed by atoms with Gasteiger partial charge in [-0.3, -0.25) is 0 Å². The third-order valence-corrected chi connectivity index (χ3v) is 4.97. The number of anilines is 2. The van der Waals surface area contributed by atoms with Gasteiger partial charge < -0.3 is 25.2 Å². The van der Waals surface area contributed by atoms with Gasteiger partial charge in [0, 0.05) is 37.6 Å². The standard InChI is InChI=1S/C22H30N4O2/c1-17-4-9-21(18(2)16-17)28-15-10-23-22(27)24-19-5-7-20(8-6-19)26-13-11-25(3)12-14-26/h4-9,16H,10-15H2,1-3H3,(H2,23,24,27). The Morgan fingerprint density at radius 2 is 1.75 bits per heavy atom. The van der Waals surface area contributed by atoms with Crippen LogP contribution in [0.2, 0.25) is 0 Å². The van der Waals surface area contributed by atoms with E-state index in [9.17, 15) is 4.79 Å². The van der Waals surface area contributed by atoms with Crippen molar-refractivity contribution in [1.82, 2.24) is 10.2 Å². The average molecular weight is 383 g/mol. The zero-order chi connectivity index (χ0) is 19.9. The molecule has 2 aromatic rings. The molecule has 2 amide bonds. The first-order chi connectivity index (χ1) is 13.5. The molecule has 28 heavy (non-hydrogen) atoms. The maximum absolute atomic E-state index is 12.1. The van der Waals surface area contributed by atoms with E-state index in [4.69, 9.17) is 4.74 Å². The average Bonchev–Trinajstić information content (AvgIpc) is 2.68. The fourth-order valence-electron chi connectivity index (χ4n) is 3.28. The quantitative estimate of drug-likeness (QED) is 0.753. The maximum Gasteiger partial charge on any atom is 0.319 e. The van der Waals surface area contributed by atoms with Crippen LogP contribution in [0, 0.1) is 13.8 Å². The molecule has 1 aliphatic rings. The minimum atomic E-state index is -0.225. The van der Waals surface area contributed by atoms with Crippen LogP contribution < -0.4 is 20.3 Å². The van der Waals surface area contributed by atoms with Crippen molar-refractivity contribution in [2.75, 3.05) is 56.6 Å². The van der Waals surface area contributed by atoms with Gasteiger partial charge in [0.2, 0.25) is 0 Å². The number of rotatable bonds is 6. The third-order valence-electron chi connectivity index (χ3n) is 4.97. The van der Waals surface area contributed by atoms with Gasteiger partial charge in [0.15, 0.2) is 0 Å². The summed E-state index contributed by atoms with van der Waals surface area (Å²) in [5.41, 5.74) is 4.29. The van der Waals surface area contributed by atoms with Crippen LogP contribution in [0.1, 0.15) is 11.1 Å². The Balaban J connectivity index is 1.39. The maximum atomic E-state index is 12.1. The highest BCUT2D eigenvalue weighted by molar-refractivity contribution is 5.89. The van der Waals surface area contributed by atoms with E-state index in [-0.39, 0.29) is 6.03 Å². The number of aryl methyl sites for hydroxylation is 2. The topological polar surface area (TPSA) is 56.8 Å². The molecule has 1 heterocycles. The highest BCUT2D eigenvalue weighted by Gasteiger charge is 2.14. The van der Waals surface area contributed by atoms with E-state index in [0.29, 0.717) is 13.2 Å². The summed E-state index contributed by atoms with van der Waals surface area (Å²) < 4.78 is 5.73. The molecule has 150 valence electrons. The van der Waals surface area contributed by atoms with Gasteiger partial charge in [-0.2, -0.15) is 0 Å². The van der Waals surface area contributed by atoms with Crippen LogP contribution in [0.4, 0.5) is 16.2 Å². The summed E-state index contributed by atoms with van der Waals surface area (Å²) in [5, 5.41) is 5.69. The zero-order valence-corrected chi connectivity index (χ0v) is 17.0. The van der Waals surface area contributed by atoms with Crippen molar-refractivity contribution in [1.29, 1.82) is 0 Å². The molecule has 2 aromatic carbocycles. The molecule has 0 radical (unpaired) electrons. The Bertz CT molecular complexity index is 784. The summed E-state index contributed by atoms with van der Waals surface area (Å²) in [7, 11) is 2.15. The van der Waals surface area contributed by atoms with Crippen LogP contribution >= 0.6 is 0 Å². The first kappa shape index (κ1) is 20.0. The lowest BCUT2D eigenvalue weighted by Gasteiger charge is -2.34. The molecule has 0 aliphatic carbocycles. The summed E-state index contributed by atoms with van der Waals surface area (Å²) in [6.45, 7) is 9.17.